The molecule has 0 radical (unpaired) electrons. The lowest BCUT2D eigenvalue weighted by Crippen LogP contribution is -2.40. The van der Waals surface area contributed by atoms with E-state index in [4.69, 9.17) is 0 Å². The van der Waals surface area contributed by atoms with Crippen LogP contribution in [0.25, 0.3) is 10.9 Å². The number of para-hydroxylation sites is 1. The van der Waals surface area contributed by atoms with Gasteiger partial charge in [-0.3, -0.25) is 9.78 Å². The molecule has 2 aromatic rings. The van der Waals surface area contributed by atoms with Crippen molar-refractivity contribution in [1.29, 1.82) is 0 Å². The maximum absolute atomic E-state index is 12.7. The number of piperidine rings is 1. The molecule has 1 N–H and O–H groups in total. The molecule has 4 nitrogen and oxygen atoms in total. The zero-order chi connectivity index (χ0) is 14.7. The molecule has 4 heteroatoms. The summed E-state index contributed by atoms with van der Waals surface area (Å²) < 4.78 is 0. The van der Waals surface area contributed by atoms with Gasteiger partial charge >= 0.3 is 0 Å². The molecular formula is C17H21N3O. The van der Waals surface area contributed by atoms with Gasteiger partial charge in [0.2, 0.25) is 0 Å². The van der Waals surface area contributed by atoms with Gasteiger partial charge in [-0.05, 0) is 44.5 Å². The highest BCUT2D eigenvalue weighted by molar-refractivity contribution is 6.05. The number of nitrogens with one attached hydrogen (secondary N) is 1. The molecule has 0 spiro atoms. The molecule has 2 heterocycles. The molecule has 21 heavy (non-hydrogen) atoms. The second kappa shape index (κ2) is 6.22. The maximum atomic E-state index is 12.7. The predicted octanol–water partition coefficient (Wildman–Crippen LogP) is 2.31. The highest BCUT2D eigenvalue weighted by atomic mass is 16.2. The lowest BCUT2D eigenvalue weighted by Gasteiger charge is -2.32. The second-order valence-corrected chi connectivity index (χ2v) is 5.67. The third-order valence-electron chi connectivity index (χ3n) is 4.26. The van der Waals surface area contributed by atoms with Gasteiger partial charge in [0, 0.05) is 24.7 Å². The van der Waals surface area contributed by atoms with Crippen molar-refractivity contribution >= 4 is 16.8 Å². The summed E-state index contributed by atoms with van der Waals surface area (Å²) in [5.41, 5.74) is 1.53. The normalized spacial score (nSPS) is 16.3. The van der Waals surface area contributed by atoms with Crippen molar-refractivity contribution in [3.8, 4) is 0 Å². The van der Waals surface area contributed by atoms with E-state index in [1.807, 2.05) is 42.3 Å². The minimum atomic E-state index is 0.113. The van der Waals surface area contributed by atoms with E-state index in [9.17, 15) is 4.79 Å². The van der Waals surface area contributed by atoms with Crippen LogP contribution in [-0.2, 0) is 0 Å². The Hall–Kier alpha value is -1.94. The van der Waals surface area contributed by atoms with Crippen molar-refractivity contribution in [3.63, 3.8) is 0 Å². The molecule has 0 atom stereocenters. The Kier molecular flexibility index (Phi) is 4.15. The van der Waals surface area contributed by atoms with E-state index in [1.165, 1.54) is 0 Å². The SMILES string of the molecule is CNCC1CCN(C(=O)c2cccc3cccnc23)CC1. The van der Waals surface area contributed by atoms with E-state index >= 15 is 0 Å². The van der Waals surface area contributed by atoms with Crippen LogP contribution in [0, 0.1) is 5.92 Å². The summed E-state index contributed by atoms with van der Waals surface area (Å²) in [5.74, 6) is 0.798. The number of carbonyl (C=O) groups excluding carboxylic acids is 1. The van der Waals surface area contributed by atoms with E-state index < -0.39 is 0 Å². The van der Waals surface area contributed by atoms with Crippen LogP contribution in [0.2, 0.25) is 0 Å². The Labute approximate surface area is 125 Å². The molecular weight excluding hydrogens is 262 g/mol. The first-order valence-corrected chi connectivity index (χ1v) is 7.57. The topological polar surface area (TPSA) is 45.2 Å². The fourth-order valence-electron chi connectivity index (χ4n) is 3.08. The quantitative estimate of drug-likeness (QED) is 0.940. The molecule has 1 aromatic heterocycles. The molecule has 110 valence electrons. The minimum absolute atomic E-state index is 0.113. The van der Waals surface area contributed by atoms with E-state index in [2.05, 4.69) is 10.3 Å². The summed E-state index contributed by atoms with van der Waals surface area (Å²) in [6.45, 7) is 2.72. The van der Waals surface area contributed by atoms with Gasteiger partial charge in [-0.2, -0.15) is 0 Å². The van der Waals surface area contributed by atoms with Crippen LogP contribution in [-0.4, -0.2) is 42.5 Å². The zero-order valence-corrected chi connectivity index (χ0v) is 12.4. The summed E-state index contributed by atoms with van der Waals surface area (Å²) in [4.78, 5) is 19.1. The molecule has 3 rings (SSSR count). The number of aromatic nitrogens is 1. The summed E-state index contributed by atoms with van der Waals surface area (Å²) in [5, 5.41) is 4.25. The smallest absolute Gasteiger partial charge is 0.256 e. The molecule has 0 bridgehead atoms. The van der Waals surface area contributed by atoms with Crippen LogP contribution in [0.1, 0.15) is 23.2 Å². The van der Waals surface area contributed by atoms with Crippen LogP contribution >= 0.6 is 0 Å². The van der Waals surface area contributed by atoms with Gasteiger partial charge in [0.25, 0.3) is 5.91 Å². The molecule has 1 fully saturated rings. The maximum Gasteiger partial charge on any atom is 0.256 e. The third kappa shape index (κ3) is 2.90. The minimum Gasteiger partial charge on any atom is -0.339 e. The summed E-state index contributed by atoms with van der Waals surface area (Å²) in [6.07, 6.45) is 3.90. The number of hydrogen-bond donors (Lipinski definition) is 1. The molecule has 0 saturated carbocycles. The van der Waals surface area contributed by atoms with Crippen LogP contribution in [0.15, 0.2) is 36.5 Å². The summed E-state index contributed by atoms with van der Waals surface area (Å²) in [6, 6.07) is 9.72. The van der Waals surface area contributed by atoms with Gasteiger partial charge < -0.3 is 10.2 Å². The molecule has 1 aromatic carbocycles. The van der Waals surface area contributed by atoms with E-state index in [1.54, 1.807) is 6.20 Å². The molecule has 1 aliphatic rings. The standard InChI is InChI=1S/C17H21N3O/c1-18-12-13-7-10-20(11-8-13)17(21)15-6-2-4-14-5-3-9-19-16(14)15/h2-6,9,13,18H,7-8,10-12H2,1H3. The lowest BCUT2D eigenvalue weighted by molar-refractivity contribution is 0.0692. The Morgan fingerprint density at radius 1 is 1.29 bits per heavy atom. The molecule has 0 unspecified atom stereocenters. The van der Waals surface area contributed by atoms with E-state index in [0.29, 0.717) is 5.92 Å². The fourth-order valence-corrected chi connectivity index (χ4v) is 3.08. The van der Waals surface area contributed by atoms with Crippen molar-refractivity contribution < 1.29 is 4.79 Å². The number of rotatable bonds is 3. The van der Waals surface area contributed by atoms with Crippen molar-refractivity contribution in [3.05, 3.63) is 42.1 Å². The largest absolute Gasteiger partial charge is 0.339 e. The summed E-state index contributed by atoms with van der Waals surface area (Å²) >= 11 is 0. The number of carbonyl (C=O) groups is 1. The Balaban J connectivity index is 1.79. The average Bonchev–Trinajstić information content (AvgIpc) is 2.55. The van der Waals surface area contributed by atoms with Crippen LogP contribution in [0.5, 0.6) is 0 Å². The van der Waals surface area contributed by atoms with E-state index in [-0.39, 0.29) is 5.91 Å². The number of amides is 1. The van der Waals surface area contributed by atoms with E-state index in [0.717, 1.165) is 48.9 Å². The number of nitrogens with zero attached hydrogens (tertiary/aromatic N) is 2. The number of fused-ring (bicyclic) bond motifs is 1. The number of pyridine rings is 1. The molecule has 1 saturated heterocycles. The first-order valence-electron chi connectivity index (χ1n) is 7.57. The van der Waals surface area contributed by atoms with Crippen molar-refractivity contribution in [2.24, 2.45) is 5.92 Å². The van der Waals surface area contributed by atoms with Crippen molar-refractivity contribution in [1.82, 2.24) is 15.2 Å². The molecule has 1 aliphatic heterocycles. The third-order valence-corrected chi connectivity index (χ3v) is 4.26. The molecule has 0 aliphatic carbocycles. The second-order valence-electron chi connectivity index (χ2n) is 5.67. The monoisotopic (exact) mass is 283 g/mol. The van der Waals surface area contributed by atoms with Gasteiger partial charge in [-0.1, -0.05) is 18.2 Å². The fraction of sp³-hybridized carbons (Fsp3) is 0.412. The summed E-state index contributed by atoms with van der Waals surface area (Å²) in [7, 11) is 1.99. The zero-order valence-electron chi connectivity index (χ0n) is 12.4. The lowest BCUT2D eigenvalue weighted by atomic mass is 9.96. The van der Waals surface area contributed by atoms with Gasteiger partial charge in [-0.15, -0.1) is 0 Å². The van der Waals surface area contributed by atoms with Crippen LogP contribution in [0.3, 0.4) is 0 Å². The number of benzene rings is 1. The average molecular weight is 283 g/mol. The van der Waals surface area contributed by atoms with Gasteiger partial charge in [0.1, 0.15) is 0 Å². The highest BCUT2D eigenvalue weighted by Gasteiger charge is 2.24. The first kappa shape index (κ1) is 14.0. The van der Waals surface area contributed by atoms with Crippen molar-refractivity contribution in [2.75, 3.05) is 26.7 Å². The number of hydrogen-bond acceptors (Lipinski definition) is 3. The van der Waals surface area contributed by atoms with Gasteiger partial charge in [-0.25, -0.2) is 0 Å². The van der Waals surface area contributed by atoms with Gasteiger partial charge in [0.15, 0.2) is 0 Å². The van der Waals surface area contributed by atoms with Crippen molar-refractivity contribution in [2.45, 2.75) is 12.8 Å². The van der Waals surface area contributed by atoms with Gasteiger partial charge in [0.05, 0.1) is 11.1 Å². The Bertz CT molecular complexity index is 627. The molecule has 1 amide bonds. The highest BCUT2D eigenvalue weighted by Crippen LogP contribution is 2.22. The van der Waals surface area contributed by atoms with Crippen LogP contribution in [0.4, 0.5) is 0 Å². The van der Waals surface area contributed by atoms with Crippen LogP contribution < -0.4 is 5.32 Å². The number of likely N-dealkylation sites (tertiary alicyclic amines) is 1. The Morgan fingerprint density at radius 3 is 2.81 bits per heavy atom. The first-order chi connectivity index (χ1) is 10.3. The predicted molar refractivity (Wildman–Crippen MR) is 84.3 cm³/mol. The Morgan fingerprint density at radius 2 is 2.05 bits per heavy atom.